The Kier molecular flexibility index (Phi) is 6.40. The molecule has 28 heavy (non-hydrogen) atoms. The van der Waals surface area contributed by atoms with Crippen LogP contribution in [0.1, 0.15) is 32.1 Å². The Bertz CT molecular complexity index is 959. The van der Waals surface area contributed by atoms with Crippen LogP contribution in [-0.2, 0) is 13.1 Å². The standard InChI is InChI=1S/C22H20ClN3O2/c1-26(15-17-6-3-2-4-7-17)22(28)20-9-5-8-19(25-20)21(27)24-14-16-10-12-18(23)13-11-16/h2-13H,14-15H2,1H3,(H,24,27). The first kappa shape index (κ1) is 19.6. The molecule has 5 nitrogen and oxygen atoms in total. The van der Waals surface area contributed by atoms with Crippen molar-refractivity contribution in [2.75, 3.05) is 7.05 Å². The van der Waals surface area contributed by atoms with Gasteiger partial charge in [0.1, 0.15) is 11.4 Å². The number of halogens is 1. The van der Waals surface area contributed by atoms with Crippen LogP contribution in [-0.4, -0.2) is 28.7 Å². The molecule has 0 aliphatic rings. The summed E-state index contributed by atoms with van der Waals surface area (Å²) in [5.41, 5.74) is 2.38. The number of benzene rings is 2. The number of nitrogens with one attached hydrogen (secondary N) is 1. The van der Waals surface area contributed by atoms with Crippen LogP contribution in [0.25, 0.3) is 0 Å². The minimum absolute atomic E-state index is 0.202. The van der Waals surface area contributed by atoms with E-state index in [0.717, 1.165) is 11.1 Å². The molecule has 0 unspecified atom stereocenters. The highest BCUT2D eigenvalue weighted by atomic mass is 35.5. The highest BCUT2D eigenvalue weighted by Gasteiger charge is 2.16. The van der Waals surface area contributed by atoms with Gasteiger partial charge in [0.25, 0.3) is 11.8 Å². The lowest BCUT2D eigenvalue weighted by Crippen LogP contribution is -2.29. The summed E-state index contributed by atoms with van der Waals surface area (Å²) in [7, 11) is 1.71. The third kappa shape index (κ3) is 5.18. The number of carbonyl (C=O) groups is 2. The maximum absolute atomic E-state index is 12.7. The third-order valence-electron chi connectivity index (χ3n) is 4.18. The molecule has 1 N–H and O–H groups in total. The van der Waals surface area contributed by atoms with Gasteiger partial charge in [0, 0.05) is 25.2 Å². The normalized spacial score (nSPS) is 10.4. The molecule has 3 aromatic rings. The Morgan fingerprint density at radius 2 is 1.57 bits per heavy atom. The molecule has 0 atom stereocenters. The SMILES string of the molecule is CN(Cc1ccccc1)C(=O)c1cccc(C(=O)NCc2ccc(Cl)cc2)n1. The third-order valence-corrected chi connectivity index (χ3v) is 4.43. The number of hydrogen-bond acceptors (Lipinski definition) is 3. The van der Waals surface area contributed by atoms with E-state index >= 15 is 0 Å². The molecule has 1 aromatic heterocycles. The van der Waals surface area contributed by atoms with Gasteiger partial charge in [0.2, 0.25) is 0 Å². The van der Waals surface area contributed by atoms with Gasteiger partial charge in [0.15, 0.2) is 0 Å². The molecule has 0 spiro atoms. The zero-order chi connectivity index (χ0) is 19.9. The average molecular weight is 394 g/mol. The summed E-state index contributed by atoms with van der Waals surface area (Å²) in [6.45, 7) is 0.818. The first-order chi connectivity index (χ1) is 13.5. The van der Waals surface area contributed by atoms with E-state index in [1.807, 2.05) is 42.5 Å². The molecule has 1 heterocycles. The Labute approximate surface area is 169 Å². The van der Waals surface area contributed by atoms with Crippen LogP contribution in [0.15, 0.2) is 72.8 Å². The molecule has 2 aromatic carbocycles. The summed E-state index contributed by atoms with van der Waals surface area (Å²) in [4.78, 5) is 30.9. The maximum atomic E-state index is 12.7. The zero-order valence-electron chi connectivity index (χ0n) is 15.4. The van der Waals surface area contributed by atoms with Crippen LogP contribution >= 0.6 is 11.6 Å². The van der Waals surface area contributed by atoms with Crippen LogP contribution in [0.2, 0.25) is 5.02 Å². The minimum Gasteiger partial charge on any atom is -0.347 e. The highest BCUT2D eigenvalue weighted by molar-refractivity contribution is 6.30. The molecule has 0 radical (unpaired) electrons. The van der Waals surface area contributed by atoms with Gasteiger partial charge in [-0.15, -0.1) is 0 Å². The van der Waals surface area contributed by atoms with E-state index in [4.69, 9.17) is 11.6 Å². The number of amides is 2. The number of nitrogens with zero attached hydrogens (tertiary/aromatic N) is 2. The molecule has 0 fully saturated rings. The second-order valence-corrected chi connectivity index (χ2v) is 6.80. The molecular formula is C22H20ClN3O2. The lowest BCUT2D eigenvalue weighted by Gasteiger charge is -2.17. The molecule has 3 rings (SSSR count). The van der Waals surface area contributed by atoms with Gasteiger partial charge in [-0.2, -0.15) is 0 Å². The predicted molar refractivity (Wildman–Crippen MR) is 109 cm³/mol. The van der Waals surface area contributed by atoms with Crippen LogP contribution in [0.5, 0.6) is 0 Å². The van der Waals surface area contributed by atoms with Crippen molar-refractivity contribution in [1.29, 1.82) is 0 Å². The maximum Gasteiger partial charge on any atom is 0.272 e. The van der Waals surface area contributed by atoms with E-state index in [1.54, 1.807) is 42.3 Å². The van der Waals surface area contributed by atoms with Crippen molar-refractivity contribution in [1.82, 2.24) is 15.2 Å². The predicted octanol–water partition coefficient (Wildman–Crippen LogP) is 3.94. The van der Waals surface area contributed by atoms with Crippen molar-refractivity contribution < 1.29 is 9.59 Å². The summed E-state index contributed by atoms with van der Waals surface area (Å²) in [6.07, 6.45) is 0. The van der Waals surface area contributed by atoms with Gasteiger partial charge in [-0.25, -0.2) is 4.98 Å². The number of carbonyl (C=O) groups excluding carboxylic acids is 2. The lowest BCUT2D eigenvalue weighted by molar-refractivity contribution is 0.0779. The zero-order valence-corrected chi connectivity index (χ0v) is 16.2. The smallest absolute Gasteiger partial charge is 0.272 e. The first-order valence-electron chi connectivity index (χ1n) is 8.82. The monoisotopic (exact) mass is 393 g/mol. The van der Waals surface area contributed by atoms with Gasteiger partial charge < -0.3 is 10.2 Å². The highest BCUT2D eigenvalue weighted by Crippen LogP contribution is 2.10. The molecule has 0 aliphatic carbocycles. The van der Waals surface area contributed by atoms with Crippen molar-refractivity contribution in [2.24, 2.45) is 0 Å². The molecule has 0 saturated heterocycles. The van der Waals surface area contributed by atoms with E-state index in [0.29, 0.717) is 18.1 Å². The molecular weight excluding hydrogens is 374 g/mol. The van der Waals surface area contributed by atoms with Crippen molar-refractivity contribution in [3.63, 3.8) is 0 Å². The summed E-state index contributed by atoms with van der Waals surface area (Å²) < 4.78 is 0. The fourth-order valence-electron chi connectivity index (χ4n) is 2.68. The van der Waals surface area contributed by atoms with Crippen molar-refractivity contribution >= 4 is 23.4 Å². The Balaban J connectivity index is 1.64. The summed E-state index contributed by atoms with van der Waals surface area (Å²) in [5, 5.41) is 3.44. The Morgan fingerprint density at radius 1 is 0.893 bits per heavy atom. The van der Waals surface area contributed by atoms with E-state index < -0.39 is 0 Å². The second kappa shape index (κ2) is 9.15. The minimum atomic E-state index is -0.338. The van der Waals surface area contributed by atoms with E-state index in [-0.39, 0.29) is 23.2 Å². The topological polar surface area (TPSA) is 62.3 Å². The van der Waals surface area contributed by atoms with Gasteiger partial charge >= 0.3 is 0 Å². The number of rotatable bonds is 6. The number of pyridine rings is 1. The van der Waals surface area contributed by atoms with E-state index in [1.165, 1.54) is 0 Å². The van der Waals surface area contributed by atoms with E-state index in [2.05, 4.69) is 10.3 Å². The molecule has 6 heteroatoms. The largest absolute Gasteiger partial charge is 0.347 e. The molecule has 0 aliphatic heterocycles. The van der Waals surface area contributed by atoms with Crippen molar-refractivity contribution in [3.8, 4) is 0 Å². The van der Waals surface area contributed by atoms with Gasteiger partial charge in [-0.3, -0.25) is 9.59 Å². The number of aromatic nitrogens is 1. The fraction of sp³-hybridized carbons (Fsp3) is 0.136. The summed E-state index contributed by atoms with van der Waals surface area (Å²) in [5.74, 6) is -0.577. The molecule has 142 valence electrons. The van der Waals surface area contributed by atoms with Crippen LogP contribution < -0.4 is 5.32 Å². The van der Waals surface area contributed by atoms with Crippen molar-refractivity contribution in [2.45, 2.75) is 13.1 Å². The molecule has 0 saturated carbocycles. The van der Waals surface area contributed by atoms with Gasteiger partial charge in [-0.05, 0) is 35.4 Å². The van der Waals surface area contributed by atoms with Gasteiger partial charge in [-0.1, -0.05) is 60.1 Å². The van der Waals surface area contributed by atoms with Crippen LogP contribution in [0, 0.1) is 0 Å². The number of hydrogen-bond donors (Lipinski definition) is 1. The molecule has 0 bridgehead atoms. The first-order valence-corrected chi connectivity index (χ1v) is 9.20. The van der Waals surface area contributed by atoms with Crippen LogP contribution in [0.3, 0.4) is 0 Å². The van der Waals surface area contributed by atoms with Gasteiger partial charge in [0.05, 0.1) is 0 Å². The Hall–Kier alpha value is -3.18. The Morgan fingerprint density at radius 3 is 2.29 bits per heavy atom. The van der Waals surface area contributed by atoms with Crippen LogP contribution in [0.4, 0.5) is 0 Å². The fourth-order valence-corrected chi connectivity index (χ4v) is 2.81. The van der Waals surface area contributed by atoms with Crippen molar-refractivity contribution in [3.05, 3.63) is 100 Å². The summed E-state index contributed by atoms with van der Waals surface area (Å²) in [6, 6.07) is 21.8. The summed E-state index contributed by atoms with van der Waals surface area (Å²) >= 11 is 5.86. The average Bonchev–Trinajstić information content (AvgIpc) is 2.73. The van der Waals surface area contributed by atoms with E-state index in [9.17, 15) is 9.59 Å². The second-order valence-electron chi connectivity index (χ2n) is 6.36. The lowest BCUT2D eigenvalue weighted by atomic mass is 10.2. The molecule has 2 amide bonds. The quantitative estimate of drug-likeness (QED) is 0.690.